The number of ether oxygens (including phenoxy) is 1. The van der Waals surface area contributed by atoms with E-state index in [2.05, 4.69) is 4.98 Å². The van der Waals surface area contributed by atoms with Crippen LogP contribution >= 0.6 is 0 Å². The van der Waals surface area contributed by atoms with Gasteiger partial charge in [-0.3, -0.25) is 0 Å². The van der Waals surface area contributed by atoms with Crippen molar-refractivity contribution in [2.45, 2.75) is 26.0 Å². The van der Waals surface area contributed by atoms with Gasteiger partial charge in [-0.25, -0.2) is 9.78 Å². The van der Waals surface area contributed by atoms with Gasteiger partial charge >= 0.3 is 5.97 Å². The molecular formula is C9H14N2O3. The number of carboxylic acids is 1. The minimum absolute atomic E-state index is 0.171. The molecular weight excluding hydrogens is 184 g/mol. The Morgan fingerprint density at radius 2 is 2.29 bits per heavy atom. The van der Waals surface area contributed by atoms with Crippen LogP contribution in [-0.2, 0) is 9.53 Å². The maximum atomic E-state index is 10.8. The lowest BCUT2D eigenvalue weighted by molar-refractivity contribution is -0.149. The number of methoxy groups -OCH3 is 1. The maximum absolute atomic E-state index is 10.8. The number of imidazole rings is 1. The molecule has 1 heterocycles. The highest BCUT2D eigenvalue weighted by Gasteiger charge is 2.23. The molecule has 0 saturated heterocycles. The lowest BCUT2D eigenvalue weighted by Crippen LogP contribution is -2.18. The first-order valence-corrected chi connectivity index (χ1v) is 4.35. The molecule has 0 aromatic carbocycles. The topological polar surface area (TPSA) is 64.3 Å². The van der Waals surface area contributed by atoms with Gasteiger partial charge in [-0.05, 0) is 13.8 Å². The number of carbonyl (C=O) groups is 1. The van der Waals surface area contributed by atoms with Gasteiger partial charge in [0.1, 0.15) is 0 Å². The summed E-state index contributed by atoms with van der Waals surface area (Å²) in [5, 5.41) is 8.89. The van der Waals surface area contributed by atoms with Gasteiger partial charge in [-0.1, -0.05) is 0 Å². The first-order chi connectivity index (χ1) is 6.57. The third kappa shape index (κ3) is 1.93. The summed E-state index contributed by atoms with van der Waals surface area (Å²) in [6.07, 6.45) is 2.18. The highest BCUT2D eigenvalue weighted by atomic mass is 16.5. The van der Waals surface area contributed by atoms with Crippen LogP contribution in [0.5, 0.6) is 0 Å². The summed E-state index contributed by atoms with van der Waals surface area (Å²) in [6, 6.07) is 0.171. The molecule has 0 radical (unpaired) electrons. The second kappa shape index (κ2) is 4.23. The Hall–Kier alpha value is -1.36. The molecule has 78 valence electrons. The van der Waals surface area contributed by atoms with E-state index in [1.165, 1.54) is 13.3 Å². The molecule has 1 aromatic rings. The van der Waals surface area contributed by atoms with E-state index in [1.54, 1.807) is 10.9 Å². The summed E-state index contributed by atoms with van der Waals surface area (Å²) in [7, 11) is 1.37. The van der Waals surface area contributed by atoms with Crippen LogP contribution in [0, 0.1) is 0 Å². The van der Waals surface area contributed by atoms with E-state index < -0.39 is 12.1 Å². The van der Waals surface area contributed by atoms with E-state index in [9.17, 15) is 4.79 Å². The zero-order valence-corrected chi connectivity index (χ0v) is 8.47. The third-order valence-corrected chi connectivity index (χ3v) is 1.98. The summed E-state index contributed by atoms with van der Waals surface area (Å²) in [4.78, 5) is 14.8. The Morgan fingerprint density at radius 1 is 1.64 bits per heavy atom. The van der Waals surface area contributed by atoms with Crippen LogP contribution in [0.1, 0.15) is 31.7 Å². The average molecular weight is 198 g/mol. The quantitative estimate of drug-likeness (QED) is 0.790. The van der Waals surface area contributed by atoms with Gasteiger partial charge in [0.15, 0.2) is 6.10 Å². The Labute approximate surface area is 82.3 Å². The first-order valence-electron chi connectivity index (χ1n) is 4.35. The van der Waals surface area contributed by atoms with Gasteiger partial charge in [-0.15, -0.1) is 0 Å². The molecule has 0 bridgehead atoms. The van der Waals surface area contributed by atoms with Crippen molar-refractivity contribution < 1.29 is 14.6 Å². The van der Waals surface area contributed by atoms with Crippen LogP contribution in [0.2, 0.25) is 0 Å². The predicted molar refractivity (Wildman–Crippen MR) is 50.0 cm³/mol. The average Bonchev–Trinajstić information content (AvgIpc) is 2.53. The molecule has 0 aliphatic rings. The fraction of sp³-hybridized carbons (Fsp3) is 0.556. The predicted octanol–water partition coefficient (Wildman–Crippen LogP) is 1.24. The molecule has 0 spiro atoms. The SMILES string of the molecule is COC(C(=O)O)c1cncn1C(C)C. The summed E-state index contributed by atoms with van der Waals surface area (Å²) < 4.78 is 6.67. The standard InChI is InChI=1S/C9H14N2O3/c1-6(2)11-5-10-4-7(11)8(14-3)9(12)13/h4-6,8H,1-3H3,(H,12,13). The van der Waals surface area contributed by atoms with E-state index in [0.717, 1.165) is 0 Å². The summed E-state index contributed by atoms with van der Waals surface area (Å²) in [6.45, 7) is 3.92. The summed E-state index contributed by atoms with van der Waals surface area (Å²) in [5.41, 5.74) is 0.565. The molecule has 0 aliphatic heterocycles. The van der Waals surface area contributed by atoms with Crippen LogP contribution in [0.4, 0.5) is 0 Å². The molecule has 1 atom stereocenters. The van der Waals surface area contributed by atoms with E-state index >= 15 is 0 Å². The molecule has 0 saturated carbocycles. The van der Waals surface area contributed by atoms with Crippen LogP contribution in [-0.4, -0.2) is 27.7 Å². The van der Waals surface area contributed by atoms with Crippen molar-refractivity contribution in [1.29, 1.82) is 0 Å². The Morgan fingerprint density at radius 3 is 2.71 bits per heavy atom. The first kappa shape index (κ1) is 10.7. The molecule has 1 unspecified atom stereocenters. The van der Waals surface area contributed by atoms with Crippen LogP contribution in [0.15, 0.2) is 12.5 Å². The number of carboxylic acid groups (broad SMARTS) is 1. The van der Waals surface area contributed by atoms with Gasteiger partial charge < -0.3 is 14.4 Å². The number of hydrogen-bond donors (Lipinski definition) is 1. The number of aromatic nitrogens is 2. The van der Waals surface area contributed by atoms with Gasteiger partial charge in [0.2, 0.25) is 0 Å². The third-order valence-electron chi connectivity index (χ3n) is 1.98. The molecule has 14 heavy (non-hydrogen) atoms. The van der Waals surface area contributed by atoms with Crippen LogP contribution < -0.4 is 0 Å². The zero-order chi connectivity index (χ0) is 10.7. The number of aliphatic carboxylic acids is 1. The van der Waals surface area contributed by atoms with Crippen molar-refractivity contribution in [3.8, 4) is 0 Å². The normalized spacial score (nSPS) is 13.1. The molecule has 0 fully saturated rings. The molecule has 0 aliphatic carbocycles. The second-order valence-electron chi connectivity index (χ2n) is 3.27. The zero-order valence-electron chi connectivity index (χ0n) is 8.47. The molecule has 1 rings (SSSR count). The largest absolute Gasteiger partial charge is 0.479 e. The van der Waals surface area contributed by atoms with E-state index in [-0.39, 0.29) is 6.04 Å². The Balaban J connectivity index is 3.03. The maximum Gasteiger partial charge on any atom is 0.339 e. The monoisotopic (exact) mass is 198 g/mol. The fourth-order valence-corrected chi connectivity index (χ4v) is 1.30. The Bertz CT molecular complexity index is 320. The number of nitrogens with zero attached hydrogens (tertiary/aromatic N) is 2. The fourth-order valence-electron chi connectivity index (χ4n) is 1.30. The van der Waals surface area contributed by atoms with Crippen LogP contribution in [0.25, 0.3) is 0 Å². The van der Waals surface area contributed by atoms with Crippen molar-refractivity contribution in [1.82, 2.24) is 9.55 Å². The van der Waals surface area contributed by atoms with Crippen molar-refractivity contribution in [3.63, 3.8) is 0 Å². The van der Waals surface area contributed by atoms with Gasteiger partial charge in [0, 0.05) is 13.2 Å². The second-order valence-corrected chi connectivity index (χ2v) is 3.27. The van der Waals surface area contributed by atoms with Crippen molar-refractivity contribution in [2.75, 3.05) is 7.11 Å². The van der Waals surface area contributed by atoms with Crippen molar-refractivity contribution in [3.05, 3.63) is 18.2 Å². The van der Waals surface area contributed by atoms with Crippen molar-refractivity contribution in [2.24, 2.45) is 0 Å². The smallest absolute Gasteiger partial charge is 0.339 e. The molecule has 1 N–H and O–H groups in total. The molecule has 1 aromatic heterocycles. The van der Waals surface area contributed by atoms with Crippen molar-refractivity contribution >= 4 is 5.97 Å². The highest BCUT2D eigenvalue weighted by Crippen LogP contribution is 2.19. The van der Waals surface area contributed by atoms with E-state index in [0.29, 0.717) is 5.69 Å². The highest BCUT2D eigenvalue weighted by molar-refractivity contribution is 5.73. The van der Waals surface area contributed by atoms with E-state index in [4.69, 9.17) is 9.84 Å². The van der Waals surface area contributed by atoms with E-state index in [1.807, 2.05) is 13.8 Å². The van der Waals surface area contributed by atoms with Gasteiger partial charge in [0.05, 0.1) is 18.2 Å². The summed E-state index contributed by atoms with van der Waals surface area (Å²) in [5.74, 6) is -1.00. The minimum Gasteiger partial charge on any atom is -0.479 e. The van der Waals surface area contributed by atoms with Crippen LogP contribution in [0.3, 0.4) is 0 Å². The molecule has 5 heteroatoms. The lowest BCUT2D eigenvalue weighted by atomic mass is 10.2. The van der Waals surface area contributed by atoms with Gasteiger partial charge in [0.25, 0.3) is 0 Å². The molecule has 0 amide bonds. The summed E-state index contributed by atoms with van der Waals surface area (Å²) >= 11 is 0. The molecule has 5 nitrogen and oxygen atoms in total. The number of rotatable bonds is 4. The number of hydrogen-bond acceptors (Lipinski definition) is 3. The van der Waals surface area contributed by atoms with Gasteiger partial charge in [-0.2, -0.15) is 0 Å². The minimum atomic E-state index is -1.00. The lowest BCUT2D eigenvalue weighted by Gasteiger charge is -2.15. The Kier molecular flexibility index (Phi) is 3.24.